The van der Waals surface area contributed by atoms with E-state index in [-0.39, 0.29) is 56.7 Å². The number of carbonyl (C=O) groups excluding carboxylic acids is 3. The van der Waals surface area contributed by atoms with E-state index < -0.39 is 18.2 Å². The average Bonchev–Trinajstić information content (AvgIpc) is 3.71. The largest absolute Gasteiger partial charge is 0.487 e. The molecule has 0 fully saturated rings. The third-order valence-corrected chi connectivity index (χ3v) is 7.98. The summed E-state index contributed by atoms with van der Waals surface area (Å²) >= 11 is 0. The molecule has 3 aromatic rings. The zero-order valence-electron chi connectivity index (χ0n) is 25.6. The lowest BCUT2D eigenvalue weighted by molar-refractivity contribution is 0.0371. The highest BCUT2D eigenvalue weighted by Gasteiger charge is 2.34. The number of carbonyl (C=O) groups is 3. The van der Waals surface area contributed by atoms with E-state index in [1.807, 2.05) is 6.92 Å². The minimum Gasteiger partial charge on any atom is -0.487 e. The number of benzene rings is 3. The van der Waals surface area contributed by atoms with E-state index in [9.17, 15) is 19.5 Å². The van der Waals surface area contributed by atoms with Crippen molar-refractivity contribution < 1.29 is 43.2 Å². The van der Waals surface area contributed by atoms with Crippen LogP contribution in [0, 0.1) is 5.92 Å². The van der Waals surface area contributed by atoms with Gasteiger partial charge in [0.2, 0.25) is 13.6 Å². The number of ether oxygens (including phenoxy) is 5. The van der Waals surface area contributed by atoms with Gasteiger partial charge in [-0.15, -0.1) is 0 Å². The number of rotatable bonds is 7. The van der Waals surface area contributed by atoms with Crippen LogP contribution < -0.4 is 39.6 Å². The number of urea groups is 2. The van der Waals surface area contributed by atoms with Gasteiger partial charge in [0.15, 0.2) is 23.0 Å². The van der Waals surface area contributed by atoms with Gasteiger partial charge in [0.1, 0.15) is 11.9 Å². The van der Waals surface area contributed by atoms with Gasteiger partial charge in [0.05, 0.1) is 24.8 Å². The van der Waals surface area contributed by atoms with Crippen molar-refractivity contribution in [2.45, 2.75) is 26.0 Å². The number of nitrogens with one attached hydrogen (secondary N) is 3. The van der Waals surface area contributed by atoms with Crippen LogP contribution >= 0.6 is 0 Å². The summed E-state index contributed by atoms with van der Waals surface area (Å²) in [5, 5.41) is 18.3. The van der Waals surface area contributed by atoms with E-state index in [1.165, 1.54) is 11.0 Å². The SMILES string of the molecule is C[C@H]1CN([C@@H](C)CO)C(=O)c2cc(NC(=O)Nc3ccc4c(c3)OCO4)ccc2O[C@H]1CN(C)C(=O)Nc1ccc2c(c1)OCO2. The summed E-state index contributed by atoms with van der Waals surface area (Å²) in [6, 6.07) is 13.6. The van der Waals surface area contributed by atoms with Gasteiger partial charge in [-0.2, -0.15) is 0 Å². The number of aliphatic hydroxyl groups excluding tert-OH is 1. The summed E-state index contributed by atoms with van der Waals surface area (Å²) < 4.78 is 27.8. The van der Waals surface area contributed by atoms with E-state index in [0.717, 1.165) is 0 Å². The molecule has 3 heterocycles. The third-order valence-electron chi connectivity index (χ3n) is 7.98. The van der Waals surface area contributed by atoms with Gasteiger partial charge in [-0.3, -0.25) is 4.79 Å². The minimum atomic E-state index is -0.528. The fraction of sp³-hybridized carbons (Fsp3) is 0.344. The monoisotopic (exact) mass is 633 g/mol. The molecule has 0 bridgehead atoms. The van der Waals surface area contributed by atoms with Gasteiger partial charge in [0, 0.05) is 48.7 Å². The molecule has 46 heavy (non-hydrogen) atoms. The Labute approximate surface area is 265 Å². The first kappa shape index (κ1) is 30.6. The Morgan fingerprint density at radius 2 is 1.41 bits per heavy atom. The predicted octanol–water partition coefficient (Wildman–Crippen LogP) is 4.17. The standard InChI is InChI=1S/C32H35N5O9/c1-18-13-37(19(2)15-38)30(39)23-10-20(33-31(40)34-21-5-8-25-27(11-21)44-16-42-25)4-7-24(23)46-29(18)14-36(3)32(41)35-22-6-9-26-28(12-22)45-17-43-26/h4-12,18-19,29,38H,13-17H2,1-3H3,(H,35,41)(H2,33,34,40)/t18-,19-,29-/m0/s1. The van der Waals surface area contributed by atoms with E-state index in [4.69, 9.17) is 23.7 Å². The van der Waals surface area contributed by atoms with Crippen molar-refractivity contribution in [1.29, 1.82) is 0 Å². The van der Waals surface area contributed by atoms with Gasteiger partial charge in [-0.05, 0) is 49.4 Å². The molecule has 0 aliphatic carbocycles. The van der Waals surface area contributed by atoms with Crippen LogP contribution in [0.3, 0.4) is 0 Å². The molecule has 242 valence electrons. The zero-order chi connectivity index (χ0) is 32.4. The molecule has 0 saturated carbocycles. The highest BCUT2D eigenvalue weighted by molar-refractivity contribution is 6.02. The molecule has 0 radical (unpaired) electrons. The molecule has 3 aromatic carbocycles. The van der Waals surface area contributed by atoms with Crippen molar-refractivity contribution in [3.8, 4) is 28.7 Å². The summed E-state index contributed by atoms with van der Waals surface area (Å²) in [6.45, 7) is 4.16. The maximum Gasteiger partial charge on any atom is 0.323 e. The first-order valence-electron chi connectivity index (χ1n) is 14.8. The maximum atomic E-state index is 13.8. The van der Waals surface area contributed by atoms with Gasteiger partial charge < -0.3 is 54.5 Å². The third kappa shape index (κ3) is 6.52. The molecule has 0 spiro atoms. The Hall–Kier alpha value is -5.37. The number of anilines is 3. The molecular weight excluding hydrogens is 598 g/mol. The lowest BCUT2D eigenvalue weighted by atomic mass is 9.99. The van der Waals surface area contributed by atoms with E-state index in [0.29, 0.717) is 45.8 Å². The number of amides is 5. The lowest BCUT2D eigenvalue weighted by Gasteiger charge is -2.38. The van der Waals surface area contributed by atoms with E-state index >= 15 is 0 Å². The molecule has 0 unspecified atom stereocenters. The average molecular weight is 634 g/mol. The molecule has 4 N–H and O–H groups in total. The zero-order valence-corrected chi connectivity index (χ0v) is 25.6. The quantitative estimate of drug-likeness (QED) is 0.299. The smallest absolute Gasteiger partial charge is 0.323 e. The molecule has 3 aliphatic heterocycles. The summed E-state index contributed by atoms with van der Waals surface area (Å²) in [5.41, 5.74) is 1.62. The van der Waals surface area contributed by atoms with E-state index in [1.54, 1.807) is 67.4 Å². The lowest BCUT2D eigenvalue weighted by Crippen LogP contribution is -2.50. The predicted molar refractivity (Wildman–Crippen MR) is 167 cm³/mol. The fourth-order valence-electron chi connectivity index (χ4n) is 5.33. The van der Waals surface area contributed by atoms with Gasteiger partial charge in [-0.25, -0.2) is 9.59 Å². The first-order chi connectivity index (χ1) is 22.2. The molecule has 0 aromatic heterocycles. The number of likely N-dealkylation sites (N-methyl/N-ethyl adjacent to an activating group) is 1. The molecule has 14 nitrogen and oxygen atoms in total. The van der Waals surface area contributed by atoms with Crippen LogP contribution in [0.15, 0.2) is 54.6 Å². The topological polar surface area (TPSA) is 160 Å². The number of fused-ring (bicyclic) bond motifs is 3. The molecule has 6 rings (SSSR count). The van der Waals surface area contributed by atoms with Crippen LogP contribution in [0.25, 0.3) is 0 Å². The van der Waals surface area contributed by atoms with Crippen molar-refractivity contribution in [1.82, 2.24) is 9.80 Å². The summed E-state index contributed by atoms with van der Waals surface area (Å²) in [5.74, 6) is 2.02. The number of nitrogens with zero attached hydrogens (tertiary/aromatic N) is 2. The normalized spacial score (nSPS) is 18.4. The summed E-state index contributed by atoms with van der Waals surface area (Å²) in [7, 11) is 1.66. The fourth-order valence-corrected chi connectivity index (χ4v) is 5.33. The Kier molecular flexibility index (Phi) is 8.61. The van der Waals surface area contributed by atoms with Crippen molar-refractivity contribution in [2.24, 2.45) is 5.92 Å². The Morgan fingerprint density at radius 1 is 0.870 bits per heavy atom. The number of aliphatic hydroxyl groups is 1. The summed E-state index contributed by atoms with van der Waals surface area (Å²) in [6.07, 6.45) is -0.513. The van der Waals surface area contributed by atoms with Crippen molar-refractivity contribution in [3.63, 3.8) is 0 Å². The minimum absolute atomic E-state index is 0.117. The van der Waals surface area contributed by atoms with Crippen molar-refractivity contribution in [3.05, 3.63) is 60.2 Å². The van der Waals surface area contributed by atoms with Crippen molar-refractivity contribution >= 4 is 35.0 Å². The molecule has 5 amide bonds. The summed E-state index contributed by atoms with van der Waals surface area (Å²) in [4.78, 5) is 42.8. The molecule has 14 heteroatoms. The molecule has 0 saturated heterocycles. The Balaban J connectivity index is 1.18. The molecule has 3 aliphatic rings. The van der Waals surface area contributed by atoms with Crippen LogP contribution in [-0.2, 0) is 0 Å². The number of hydrogen-bond acceptors (Lipinski definition) is 9. The van der Waals surface area contributed by atoms with Gasteiger partial charge in [0.25, 0.3) is 5.91 Å². The second-order valence-corrected chi connectivity index (χ2v) is 11.4. The highest BCUT2D eigenvalue weighted by atomic mass is 16.7. The van der Waals surface area contributed by atoms with E-state index in [2.05, 4.69) is 16.0 Å². The Bertz CT molecular complexity index is 1650. The van der Waals surface area contributed by atoms with Crippen LogP contribution in [0.5, 0.6) is 28.7 Å². The van der Waals surface area contributed by atoms with Crippen LogP contribution in [-0.4, -0.2) is 85.4 Å². The maximum absolute atomic E-state index is 13.8. The van der Waals surface area contributed by atoms with Crippen LogP contribution in [0.2, 0.25) is 0 Å². The Morgan fingerprint density at radius 3 is 2.02 bits per heavy atom. The van der Waals surface area contributed by atoms with Crippen molar-refractivity contribution in [2.75, 3.05) is 56.3 Å². The van der Waals surface area contributed by atoms with Crippen LogP contribution in [0.1, 0.15) is 24.2 Å². The van der Waals surface area contributed by atoms with Gasteiger partial charge >= 0.3 is 12.1 Å². The second kappa shape index (κ2) is 12.9. The molecular formula is C32H35N5O9. The van der Waals surface area contributed by atoms with Crippen LogP contribution in [0.4, 0.5) is 26.7 Å². The number of hydrogen-bond donors (Lipinski definition) is 4. The molecule has 3 atom stereocenters. The second-order valence-electron chi connectivity index (χ2n) is 11.4. The first-order valence-corrected chi connectivity index (χ1v) is 14.8. The van der Waals surface area contributed by atoms with Gasteiger partial charge in [-0.1, -0.05) is 6.92 Å². The highest BCUT2D eigenvalue weighted by Crippen LogP contribution is 2.36.